The second-order valence-corrected chi connectivity index (χ2v) is 6.19. The lowest BCUT2D eigenvalue weighted by molar-refractivity contribution is -0.127. The van der Waals surface area contributed by atoms with E-state index in [1.165, 1.54) is 0 Å². The molecule has 0 aromatic carbocycles. The van der Waals surface area contributed by atoms with E-state index in [0.717, 1.165) is 29.6 Å². The summed E-state index contributed by atoms with van der Waals surface area (Å²) in [7, 11) is 5.42. The van der Waals surface area contributed by atoms with E-state index in [-0.39, 0.29) is 12.5 Å². The van der Waals surface area contributed by atoms with Crippen LogP contribution in [0.3, 0.4) is 0 Å². The van der Waals surface area contributed by atoms with Gasteiger partial charge in [-0.15, -0.1) is 0 Å². The number of hydrogen-bond acceptors (Lipinski definition) is 4. The fourth-order valence-corrected chi connectivity index (χ4v) is 2.07. The van der Waals surface area contributed by atoms with Crippen LogP contribution in [0.2, 0.25) is 0 Å². The van der Waals surface area contributed by atoms with Crippen molar-refractivity contribution in [2.24, 2.45) is 4.99 Å². The number of likely N-dealkylation sites (N-methyl/N-ethyl adjacent to an activating group) is 1. The van der Waals surface area contributed by atoms with Crippen molar-refractivity contribution in [1.29, 1.82) is 0 Å². The van der Waals surface area contributed by atoms with Crippen LogP contribution in [0.1, 0.15) is 11.3 Å². The number of nitrogens with zero attached hydrogens (tertiary/aromatic N) is 3. The van der Waals surface area contributed by atoms with Gasteiger partial charge in [-0.05, 0) is 19.2 Å². The lowest BCUT2D eigenvalue weighted by Crippen LogP contribution is -2.40. The van der Waals surface area contributed by atoms with Gasteiger partial charge in [0.25, 0.3) is 0 Å². The summed E-state index contributed by atoms with van der Waals surface area (Å²) in [5.74, 6) is 2.60. The molecule has 1 rings (SSSR count). The summed E-state index contributed by atoms with van der Waals surface area (Å²) in [5.41, 5.74) is 1.11. The molecule has 1 aromatic rings. The molecule has 0 spiro atoms. The summed E-state index contributed by atoms with van der Waals surface area (Å²) >= 11 is 1.77. The van der Waals surface area contributed by atoms with Gasteiger partial charge < -0.3 is 19.5 Å². The second-order valence-electron chi connectivity index (χ2n) is 5.21. The van der Waals surface area contributed by atoms with Crippen LogP contribution < -0.4 is 5.32 Å². The monoisotopic (exact) mass is 326 g/mol. The van der Waals surface area contributed by atoms with Crippen molar-refractivity contribution in [3.63, 3.8) is 0 Å². The number of carbonyl (C=O) groups excluding carboxylic acids is 1. The molecule has 0 aliphatic heterocycles. The summed E-state index contributed by atoms with van der Waals surface area (Å²) in [5, 5.41) is 3.30. The first kappa shape index (κ1) is 18.4. The van der Waals surface area contributed by atoms with E-state index >= 15 is 0 Å². The Morgan fingerprint density at radius 3 is 2.68 bits per heavy atom. The molecule has 1 aromatic heterocycles. The number of hydrogen-bond donors (Lipinski definition) is 1. The third kappa shape index (κ3) is 6.01. The maximum Gasteiger partial charge on any atom is 0.243 e. The van der Waals surface area contributed by atoms with Crippen LogP contribution in [-0.4, -0.2) is 67.9 Å². The topological polar surface area (TPSA) is 61.1 Å². The Morgan fingerprint density at radius 2 is 2.14 bits per heavy atom. The number of aryl methyl sites for hydroxylation is 1. The van der Waals surface area contributed by atoms with Crippen molar-refractivity contribution in [1.82, 2.24) is 15.1 Å². The number of rotatable bonds is 7. The van der Waals surface area contributed by atoms with Gasteiger partial charge in [0.05, 0.1) is 6.26 Å². The fraction of sp³-hybridized carbons (Fsp3) is 0.600. The summed E-state index contributed by atoms with van der Waals surface area (Å²) in [4.78, 5) is 19.7. The van der Waals surface area contributed by atoms with E-state index in [1.807, 2.05) is 24.9 Å². The molecule has 0 bridgehead atoms. The maximum atomic E-state index is 11.7. The van der Waals surface area contributed by atoms with Crippen molar-refractivity contribution >= 4 is 23.6 Å². The van der Waals surface area contributed by atoms with Gasteiger partial charge in [-0.3, -0.25) is 4.79 Å². The molecule has 0 unspecified atom stereocenters. The molecular weight excluding hydrogens is 300 g/mol. The van der Waals surface area contributed by atoms with Crippen LogP contribution in [0.15, 0.2) is 21.7 Å². The molecule has 6 nitrogen and oxygen atoms in total. The van der Waals surface area contributed by atoms with E-state index in [2.05, 4.69) is 16.6 Å². The van der Waals surface area contributed by atoms with Gasteiger partial charge in [0.2, 0.25) is 5.91 Å². The highest BCUT2D eigenvalue weighted by Gasteiger charge is 2.11. The number of guanidine groups is 1. The van der Waals surface area contributed by atoms with Gasteiger partial charge in [-0.25, -0.2) is 4.99 Å². The van der Waals surface area contributed by atoms with Crippen molar-refractivity contribution in [2.45, 2.75) is 13.5 Å². The van der Waals surface area contributed by atoms with Gasteiger partial charge in [-0.2, -0.15) is 11.8 Å². The number of carbonyl (C=O) groups is 1. The summed E-state index contributed by atoms with van der Waals surface area (Å²) in [6.45, 7) is 3.58. The van der Waals surface area contributed by atoms with Crippen LogP contribution >= 0.6 is 11.8 Å². The molecule has 124 valence electrons. The van der Waals surface area contributed by atoms with Crippen LogP contribution in [0, 0.1) is 6.92 Å². The lowest BCUT2D eigenvalue weighted by Gasteiger charge is -2.22. The molecule has 1 heterocycles. The predicted octanol–water partition coefficient (Wildman–Crippen LogP) is 1.42. The van der Waals surface area contributed by atoms with Gasteiger partial charge in [0.15, 0.2) is 5.96 Å². The Hall–Kier alpha value is -1.63. The third-order valence-electron chi connectivity index (χ3n) is 3.19. The molecule has 0 fully saturated rings. The maximum absolute atomic E-state index is 11.7. The minimum absolute atomic E-state index is 0.0166. The van der Waals surface area contributed by atoms with Crippen molar-refractivity contribution in [3.8, 4) is 0 Å². The fourth-order valence-electron chi connectivity index (χ4n) is 1.77. The standard InChI is InChI=1S/C15H26N4O2S/c1-12-13(6-8-21-12)11-19(4)15(16-7-9-22-5)17-10-14(20)18(2)3/h6,8H,7,9-11H2,1-5H3,(H,16,17). The highest BCUT2D eigenvalue weighted by molar-refractivity contribution is 7.98. The molecule has 0 atom stereocenters. The Bertz CT molecular complexity index is 499. The number of thioether (sulfide) groups is 1. The normalized spacial score (nSPS) is 11.4. The molecule has 22 heavy (non-hydrogen) atoms. The number of aliphatic imine (C=N–C) groups is 1. The zero-order chi connectivity index (χ0) is 16.5. The highest BCUT2D eigenvalue weighted by atomic mass is 32.2. The zero-order valence-corrected chi connectivity index (χ0v) is 14.9. The van der Waals surface area contributed by atoms with Crippen molar-refractivity contribution in [2.75, 3.05) is 46.2 Å². The number of amides is 1. The molecule has 1 N–H and O–H groups in total. The smallest absolute Gasteiger partial charge is 0.243 e. The number of furan rings is 1. The van der Waals surface area contributed by atoms with E-state index < -0.39 is 0 Å². The third-order valence-corrected chi connectivity index (χ3v) is 3.80. The first-order valence-corrected chi connectivity index (χ1v) is 8.56. The molecule has 0 aliphatic carbocycles. The molecule has 0 saturated carbocycles. The molecule has 0 radical (unpaired) electrons. The minimum Gasteiger partial charge on any atom is -0.469 e. The average molecular weight is 326 g/mol. The molecule has 7 heteroatoms. The van der Waals surface area contributed by atoms with E-state index in [1.54, 1.807) is 37.0 Å². The molecule has 0 saturated heterocycles. The zero-order valence-electron chi connectivity index (χ0n) is 14.0. The van der Waals surface area contributed by atoms with Crippen LogP contribution in [0.25, 0.3) is 0 Å². The largest absolute Gasteiger partial charge is 0.469 e. The van der Waals surface area contributed by atoms with Gasteiger partial charge >= 0.3 is 0 Å². The first-order chi connectivity index (χ1) is 10.5. The lowest BCUT2D eigenvalue weighted by atomic mass is 10.2. The Labute approximate surface area is 136 Å². The minimum atomic E-state index is -0.0166. The quantitative estimate of drug-likeness (QED) is 0.466. The molecular formula is C15H26N4O2S. The first-order valence-electron chi connectivity index (χ1n) is 7.17. The van der Waals surface area contributed by atoms with Crippen molar-refractivity contribution < 1.29 is 9.21 Å². The summed E-state index contributed by atoms with van der Waals surface area (Å²) in [6.07, 6.45) is 3.75. The van der Waals surface area contributed by atoms with E-state index in [4.69, 9.17) is 4.42 Å². The van der Waals surface area contributed by atoms with Crippen molar-refractivity contribution in [3.05, 3.63) is 23.7 Å². The Balaban J connectivity index is 2.72. The SMILES string of the molecule is CSCCNC(=NCC(=O)N(C)C)N(C)Cc1ccoc1C. The van der Waals surface area contributed by atoms with Gasteiger partial charge in [0.1, 0.15) is 12.3 Å². The average Bonchev–Trinajstić information content (AvgIpc) is 2.87. The summed E-state index contributed by atoms with van der Waals surface area (Å²) in [6, 6.07) is 1.95. The molecule has 1 amide bonds. The Morgan fingerprint density at radius 1 is 1.41 bits per heavy atom. The van der Waals surface area contributed by atoms with E-state index in [0.29, 0.717) is 6.54 Å². The number of nitrogens with one attached hydrogen (secondary N) is 1. The van der Waals surface area contributed by atoms with Crippen LogP contribution in [-0.2, 0) is 11.3 Å². The Kier molecular flexibility index (Phi) is 7.87. The molecule has 0 aliphatic rings. The summed E-state index contributed by atoms with van der Waals surface area (Å²) < 4.78 is 5.32. The van der Waals surface area contributed by atoms with Crippen LogP contribution in [0.4, 0.5) is 0 Å². The van der Waals surface area contributed by atoms with Gasteiger partial charge in [0, 0.05) is 45.5 Å². The van der Waals surface area contributed by atoms with Crippen LogP contribution in [0.5, 0.6) is 0 Å². The second kappa shape index (κ2) is 9.40. The van der Waals surface area contributed by atoms with Gasteiger partial charge in [-0.1, -0.05) is 0 Å². The highest BCUT2D eigenvalue weighted by Crippen LogP contribution is 2.11. The predicted molar refractivity (Wildman–Crippen MR) is 92.3 cm³/mol. The van der Waals surface area contributed by atoms with E-state index in [9.17, 15) is 4.79 Å².